The number of fused-ring (bicyclic) bond motifs is 3. The molecule has 2 aromatic carbocycles. The lowest BCUT2D eigenvalue weighted by Crippen LogP contribution is -2.11. The van der Waals surface area contributed by atoms with Crippen molar-refractivity contribution in [1.29, 1.82) is 0 Å². The summed E-state index contributed by atoms with van der Waals surface area (Å²) in [5.74, 6) is 0.935. The summed E-state index contributed by atoms with van der Waals surface area (Å²) in [5.41, 5.74) is 3.89. The van der Waals surface area contributed by atoms with E-state index in [2.05, 4.69) is 10.2 Å². The van der Waals surface area contributed by atoms with Gasteiger partial charge in [0.25, 0.3) is 0 Å². The highest BCUT2D eigenvalue weighted by molar-refractivity contribution is 6.30. The molecular formula is C20H16ClN3O2. The first kappa shape index (κ1) is 16.5. The van der Waals surface area contributed by atoms with Gasteiger partial charge >= 0.3 is 5.97 Å². The molecule has 1 aliphatic rings. The first-order valence-electron chi connectivity index (χ1n) is 8.21. The normalized spacial score (nSPS) is 15.5. The highest BCUT2D eigenvalue weighted by atomic mass is 35.5. The Morgan fingerprint density at radius 1 is 1.12 bits per heavy atom. The van der Waals surface area contributed by atoms with Crippen molar-refractivity contribution in [1.82, 2.24) is 14.8 Å². The van der Waals surface area contributed by atoms with Crippen molar-refractivity contribution >= 4 is 23.1 Å². The summed E-state index contributed by atoms with van der Waals surface area (Å²) in [6.45, 7) is 3.27. The molecule has 1 aliphatic heterocycles. The molecule has 5 nitrogen and oxygen atoms in total. The molecule has 6 heteroatoms. The van der Waals surface area contributed by atoms with Gasteiger partial charge in [0.2, 0.25) is 0 Å². The smallest absolute Gasteiger partial charge is 0.303 e. The largest absolute Gasteiger partial charge is 0.450 e. The Morgan fingerprint density at radius 2 is 1.85 bits per heavy atom. The van der Waals surface area contributed by atoms with Gasteiger partial charge in [-0.1, -0.05) is 41.9 Å². The zero-order valence-electron chi connectivity index (χ0n) is 14.3. The van der Waals surface area contributed by atoms with E-state index < -0.39 is 6.10 Å². The fourth-order valence-corrected chi connectivity index (χ4v) is 3.35. The molecule has 0 bridgehead atoms. The summed E-state index contributed by atoms with van der Waals surface area (Å²) in [5, 5.41) is 9.11. The van der Waals surface area contributed by atoms with Gasteiger partial charge in [-0.05, 0) is 42.3 Å². The molecule has 3 aromatic rings. The second-order valence-corrected chi connectivity index (χ2v) is 6.51. The molecule has 0 amide bonds. The minimum absolute atomic E-state index is 0.375. The van der Waals surface area contributed by atoms with E-state index in [0.29, 0.717) is 10.8 Å². The first-order chi connectivity index (χ1) is 12.5. The van der Waals surface area contributed by atoms with Crippen molar-refractivity contribution in [2.24, 2.45) is 0 Å². The number of benzene rings is 2. The van der Waals surface area contributed by atoms with Crippen molar-refractivity contribution in [3.63, 3.8) is 0 Å². The van der Waals surface area contributed by atoms with Crippen molar-refractivity contribution in [2.45, 2.75) is 20.0 Å². The maximum absolute atomic E-state index is 11.7. The van der Waals surface area contributed by atoms with Crippen LogP contribution in [0.25, 0.3) is 11.3 Å². The van der Waals surface area contributed by atoms with Crippen LogP contribution in [0.2, 0.25) is 5.02 Å². The Balaban J connectivity index is 1.99. The Morgan fingerprint density at radius 3 is 2.58 bits per heavy atom. The zero-order chi connectivity index (χ0) is 18.3. The number of aryl methyl sites for hydroxylation is 1. The van der Waals surface area contributed by atoms with E-state index in [1.165, 1.54) is 6.92 Å². The molecule has 4 rings (SSSR count). The lowest BCUT2D eigenvalue weighted by atomic mass is 9.96. The molecule has 0 radical (unpaired) electrons. The number of para-hydroxylation sites is 1. The van der Waals surface area contributed by atoms with E-state index in [0.717, 1.165) is 28.2 Å². The van der Waals surface area contributed by atoms with Crippen LogP contribution in [-0.2, 0) is 9.53 Å². The predicted molar refractivity (Wildman–Crippen MR) is 99.1 cm³/mol. The Hall–Kier alpha value is -2.92. The van der Waals surface area contributed by atoms with Crippen LogP contribution in [0.3, 0.4) is 0 Å². The molecule has 0 spiro atoms. The van der Waals surface area contributed by atoms with Crippen LogP contribution < -0.4 is 0 Å². The van der Waals surface area contributed by atoms with Crippen molar-refractivity contribution in [3.05, 3.63) is 82.4 Å². The van der Waals surface area contributed by atoms with Crippen molar-refractivity contribution in [2.75, 3.05) is 0 Å². The van der Waals surface area contributed by atoms with Crippen molar-refractivity contribution in [3.8, 4) is 5.69 Å². The average Bonchev–Trinajstić information content (AvgIpc) is 2.94. The Kier molecular flexibility index (Phi) is 4.09. The van der Waals surface area contributed by atoms with Crippen LogP contribution in [0, 0.1) is 6.92 Å². The summed E-state index contributed by atoms with van der Waals surface area (Å²) in [6.07, 6.45) is 1.28. The van der Waals surface area contributed by atoms with Crippen LogP contribution in [0.5, 0.6) is 0 Å². The third kappa shape index (κ3) is 2.80. The topological polar surface area (TPSA) is 57.0 Å². The molecule has 1 aromatic heterocycles. The third-order valence-corrected chi connectivity index (χ3v) is 4.56. The van der Waals surface area contributed by atoms with E-state index in [-0.39, 0.29) is 5.97 Å². The van der Waals surface area contributed by atoms with Crippen LogP contribution >= 0.6 is 11.6 Å². The zero-order valence-corrected chi connectivity index (χ0v) is 15.1. The molecule has 0 N–H and O–H groups in total. The van der Waals surface area contributed by atoms with Crippen LogP contribution in [0.4, 0.5) is 0 Å². The highest BCUT2D eigenvalue weighted by Gasteiger charge is 2.28. The lowest BCUT2D eigenvalue weighted by molar-refractivity contribution is -0.144. The van der Waals surface area contributed by atoms with Gasteiger partial charge in [-0.2, -0.15) is 0 Å². The number of carbonyl (C=O) groups is 1. The summed E-state index contributed by atoms with van der Waals surface area (Å²) < 4.78 is 7.49. The molecule has 1 atom stereocenters. The maximum atomic E-state index is 11.7. The second kappa shape index (κ2) is 6.42. The summed E-state index contributed by atoms with van der Waals surface area (Å²) >= 11 is 6.05. The number of aromatic nitrogens is 3. The monoisotopic (exact) mass is 365 g/mol. The number of nitrogens with zero attached hydrogens (tertiary/aromatic N) is 3. The Labute approximate surface area is 155 Å². The lowest BCUT2D eigenvalue weighted by Gasteiger charge is -2.13. The van der Waals surface area contributed by atoms with Gasteiger partial charge < -0.3 is 4.74 Å². The number of rotatable bonds is 2. The van der Waals surface area contributed by atoms with Crippen molar-refractivity contribution < 1.29 is 9.53 Å². The van der Waals surface area contributed by atoms with Crippen LogP contribution in [0.15, 0.2) is 54.6 Å². The molecule has 0 saturated heterocycles. The first-order valence-corrected chi connectivity index (χ1v) is 8.59. The minimum Gasteiger partial charge on any atom is -0.450 e. The molecule has 0 saturated carbocycles. The fourth-order valence-electron chi connectivity index (χ4n) is 3.22. The third-order valence-electron chi connectivity index (χ3n) is 4.31. The van der Waals surface area contributed by atoms with Gasteiger partial charge in [-0.15, -0.1) is 10.2 Å². The molecule has 0 aliphatic carbocycles. The SMILES string of the molecule is CC(=O)O[C@@H]1C=C(c2ccc(Cl)cc2)c2ccccc2-n2c(C)nnc21. The maximum Gasteiger partial charge on any atom is 0.303 e. The standard InChI is InChI=1S/C20H16ClN3O2/c1-12-22-23-20-19(26-13(2)25)11-17(14-7-9-15(21)10-8-14)16-5-3-4-6-18(16)24(12)20/h3-11,19H,1-2H3/t19-/m1/s1. The van der Waals surface area contributed by atoms with Gasteiger partial charge in [0.15, 0.2) is 11.9 Å². The van der Waals surface area contributed by atoms with Gasteiger partial charge in [-0.25, -0.2) is 0 Å². The number of ether oxygens (including phenoxy) is 1. The van der Waals surface area contributed by atoms with Gasteiger partial charge in [0.1, 0.15) is 5.82 Å². The molecule has 26 heavy (non-hydrogen) atoms. The van der Waals surface area contributed by atoms with Gasteiger partial charge in [-0.3, -0.25) is 9.36 Å². The van der Waals surface area contributed by atoms with Crippen LogP contribution in [-0.4, -0.2) is 20.7 Å². The number of hydrogen-bond donors (Lipinski definition) is 0. The van der Waals surface area contributed by atoms with Crippen LogP contribution in [0.1, 0.15) is 35.8 Å². The second-order valence-electron chi connectivity index (χ2n) is 6.08. The Bertz CT molecular complexity index is 1020. The molecule has 130 valence electrons. The molecular weight excluding hydrogens is 350 g/mol. The summed E-state index contributed by atoms with van der Waals surface area (Å²) in [7, 11) is 0. The van der Waals surface area contributed by atoms with E-state index >= 15 is 0 Å². The summed E-state index contributed by atoms with van der Waals surface area (Å²) in [4.78, 5) is 11.7. The van der Waals surface area contributed by atoms with Gasteiger partial charge in [0.05, 0.1) is 5.69 Å². The summed E-state index contributed by atoms with van der Waals surface area (Å²) in [6, 6.07) is 15.6. The van der Waals surface area contributed by atoms with E-state index in [1.807, 2.05) is 66.1 Å². The van der Waals surface area contributed by atoms with E-state index in [4.69, 9.17) is 16.3 Å². The minimum atomic E-state index is -0.633. The van der Waals surface area contributed by atoms with Gasteiger partial charge in [0, 0.05) is 17.5 Å². The predicted octanol–water partition coefficient (Wildman–Crippen LogP) is 4.28. The van der Waals surface area contributed by atoms with E-state index in [1.54, 1.807) is 0 Å². The number of esters is 1. The number of halogens is 1. The molecule has 0 unspecified atom stereocenters. The highest BCUT2D eigenvalue weighted by Crippen LogP contribution is 2.37. The quantitative estimate of drug-likeness (QED) is 0.636. The number of carbonyl (C=O) groups excluding carboxylic acids is 1. The van der Waals surface area contributed by atoms with E-state index in [9.17, 15) is 4.79 Å². The number of hydrogen-bond acceptors (Lipinski definition) is 4. The molecule has 0 fully saturated rings. The average molecular weight is 366 g/mol. The fraction of sp³-hybridized carbons (Fsp3) is 0.150. The molecule has 2 heterocycles.